The van der Waals surface area contributed by atoms with Gasteiger partial charge in [0.05, 0.1) is 0 Å². The largest absolute Gasteiger partial charge is 0.389 e. The molecule has 1 amide bonds. The van der Waals surface area contributed by atoms with Crippen LogP contribution < -0.4 is 11.1 Å². The van der Waals surface area contributed by atoms with Crippen molar-refractivity contribution in [1.29, 1.82) is 0 Å². The molecule has 17 heavy (non-hydrogen) atoms. The summed E-state index contributed by atoms with van der Waals surface area (Å²) in [7, 11) is 0. The molecule has 4 nitrogen and oxygen atoms in total. The first-order valence-electron chi connectivity index (χ1n) is 4.77. The SMILES string of the molecule is NC(=S)c1cccc(C(=O)Nc2nccs2)c1. The number of nitrogens with two attached hydrogens (primary N) is 1. The van der Waals surface area contributed by atoms with Crippen molar-refractivity contribution in [2.45, 2.75) is 0 Å². The topological polar surface area (TPSA) is 68.0 Å². The van der Waals surface area contributed by atoms with Gasteiger partial charge >= 0.3 is 0 Å². The summed E-state index contributed by atoms with van der Waals surface area (Å²) in [4.78, 5) is 16.1. The van der Waals surface area contributed by atoms with Crippen molar-refractivity contribution in [3.8, 4) is 0 Å². The van der Waals surface area contributed by atoms with Gasteiger partial charge in [-0.3, -0.25) is 10.1 Å². The van der Waals surface area contributed by atoms with Gasteiger partial charge in [0.15, 0.2) is 5.13 Å². The van der Waals surface area contributed by atoms with E-state index >= 15 is 0 Å². The number of thiocarbonyl (C=S) groups is 1. The minimum Gasteiger partial charge on any atom is -0.389 e. The molecule has 0 aliphatic carbocycles. The number of thiazole rings is 1. The number of amides is 1. The molecule has 1 aromatic heterocycles. The van der Waals surface area contributed by atoms with E-state index < -0.39 is 0 Å². The van der Waals surface area contributed by atoms with Crippen LogP contribution in [-0.4, -0.2) is 15.9 Å². The first kappa shape index (κ1) is 11.7. The first-order valence-corrected chi connectivity index (χ1v) is 6.06. The van der Waals surface area contributed by atoms with E-state index in [1.807, 2.05) is 0 Å². The molecule has 0 spiro atoms. The fourth-order valence-electron chi connectivity index (χ4n) is 1.27. The molecule has 2 aromatic rings. The zero-order valence-electron chi connectivity index (χ0n) is 8.71. The average molecular weight is 263 g/mol. The summed E-state index contributed by atoms with van der Waals surface area (Å²) >= 11 is 6.22. The summed E-state index contributed by atoms with van der Waals surface area (Å²) in [6.07, 6.45) is 1.63. The van der Waals surface area contributed by atoms with Crippen molar-refractivity contribution in [2.24, 2.45) is 5.73 Å². The Kier molecular flexibility index (Phi) is 3.46. The van der Waals surface area contributed by atoms with Crippen LogP contribution in [0.5, 0.6) is 0 Å². The van der Waals surface area contributed by atoms with E-state index in [0.717, 1.165) is 0 Å². The molecule has 86 valence electrons. The van der Waals surface area contributed by atoms with Crippen molar-refractivity contribution < 1.29 is 4.79 Å². The molecule has 0 radical (unpaired) electrons. The molecule has 6 heteroatoms. The van der Waals surface area contributed by atoms with E-state index in [0.29, 0.717) is 16.3 Å². The summed E-state index contributed by atoms with van der Waals surface area (Å²) in [6.45, 7) is 0. The quantitative estimate of drug-likeness (QED) is 0.831. The monoisotopic (exact) mass is 263 g/mol. The van der Waals surface area contributed by atoms with Gasteiger partial charge in [-0.2, -0.15) is 0 Å². The number of rotatable bonds is 3. The van der Waals surface area contributed by atoms with E-state index in [4.69, 9.17) is 18.0 Å². The summed E-state index contributed by atoms with van der Waals surface area (Å²) in [5.41, 5.74) is 6.69. The lowest BCUT2D eigenvalue weighted by atomic mass is 10.1. The number of benzene rings is 1. The van der Waals surface area contributed by atoms with Crippen molar-refractivity contribution in [1.82, 2.24) is 4.98 Å². The number of nitrogens with zero attached hydrogens (tertiary/aromatic N) is 1. The van der Waals surface area contributed by atoms with Gasteiger partial charge in [0, 0.05) is 22.7 Å². The molecule has 0 aliphatic heterocycles. The van der Waals surface area contributed by atoms with Crippen LogP contribution in [0.25, 0.3) is 0 Å². The minimum absolute atomic E-state index is 0.224. The van der Waals surface area contributed by atoms with Gasteiger partial charge in [0.1, 0.15) is 4.99 Å². The van der Waals surface area contributed by atoms with E-state index in [2.05, 4.69) is 10.3 Å². The van der Waals surface area contributed by atoms with Gasteiger partial charge < -0.3 is 5.73 Å². The lowest BCUT2D eigenvalue weighted by Gasteiger charge is -2.03. The van der Waals surface area contributed by atoms with Gasteiger partial charge in [-0.1, -0.05) is 24.4 Å². The van der Waals surface area contributed by atoms with Crippen LogP contribution >= 0.6 is 23.6 Å². The molecule has 1 heterocycles. The molecule has 0 unspecified atom stereocenters. The molecule has 2 rings (SSSR count). The summed E-state index contributed by atoms with van der Waals surface area (Å²) in [5, 5.41) is 5.05. The highest BCUT2D eigenvalue weighted by Gasteiger charge is 2.08. The van der Waals surface area contributed by atoms with Crippen LogP contribution in [0.4, 0.5) is 5.13 Å². The summed E-state index contributed by atoms with van der Waals surface area (Å²) in [5.74, 6) is -0.224. The van der Waals surface area contributed by atoms with E-state index in [-0.39, 0.29) is 10.9 Å². The maximum absolute atomic E-state index is 11.9. The number of aromatic nitrogens is 1. The standard InChI is InChI=1S/C11H9N3OS2/c12-9(16)7-2-1-3-8(6-7)10(15)14-11-13-4-5-17-11/h1-6H,(H2,12,16)(H,13,14,15). The average Bonchev–Trinajstić information content (AvgIpc) is 2.82. The molecule has 1 aromatic carbocycles. The van der Waals surface area contributed by atoms with Crippen LogP contribution in [0.15, 0.2) is 35.8 Å². The highest BCUT2D eigenvalue weighted by atomic mass is 32.1. The van der Waals surface area contributed by atoms with Crippen LogP contribution in [0.2, 0.25) is 0 Å². The normalized spacial score (nSPS) is 9.88. The Morgan fingerprint density at radius 2 is 2.18 bits per heavy atom. The zero-order valence-corrected chi connectivity index (χ0v) is 10.3. The van der Waals surface area contributed by atoms with Gasteiger partial charge in [-0.25, -0.2) is 4.98 Å². The van der Waals surface area contributed by atoms with Gasteiger partial charge in [0.25, 0.3) is 5.91 Å². The third kappa shape index (κ3) is 2.86. The third-order valence-electron chi connectivity index (χ3n) is 2.06. The number of carbonyl (C=O) groups is 1. The Morgan fingerprint density at radius 3 is 2.82 bits per heavy atom. The maximum atomic E-state index is 11.9. The fraction of sp³-hybridized carbons (Fsp3) is 0. The predicted octanol–water partition coefficient (Wildman–Crippen LogP) is 2.03. The Hall–Kier alpha value is -1.79. The van der Waals surface area contributed by atoms with Gasteiger partial charge in [-0.15, -0.1) is 11.3 Å². The van der Waals surface area contributed by atoms with Crippen LogP contribution in [0.1, 0.15) is 15.9 Å². The maximum Gasteiger partial charge on any atom is 0.257 e. The Labute approximate surface area is 107 Å². The Morgan fingerprint density at radius 1 is 1.41 bits per heavy atom. The van der Waals surface area contributed by atoms with Gasteiger partial charge in [-0.05, 0) is 12.1 Å². The van der Waals surface area contributed by atoms with Crippen molar-refractivity contribution >= 4 is 39.6 Å². The zero-order chi connectivity index (χ0) is 12.3. The number of anilines is 1. The smallest absolute Gasteiger partial charge is 0.257 e. The Bertz CT molecular complexity index is 552. The highest BCUT2D eigenvalue weighted by Crippen LogP contribution is 2.13. The predicted molar refractivity (Wildman–Crippen MR) is 72.4 cm³/mol. The van der Waals surface area contributed by atoms with Crippen molar-refractivity contribution in [2.75, 3.05) is 5.32 Å². The van der Waals surface area contributed by atoms with Crippen LogP contribution in [-0.2, 0) is 0 Å². The fourth-order valence-corrected chi connectivity index (χ4v) is 1.92. The van der Waals surface area contributed by atoms with Crippen molar-refractivity contribution in [3.63, 3.8) is 0 Å². The summed E-state index contributed by atoms with van der Waals surface area (Å²) < 4.78 is 0. The molecule has 0 fully saturated rings. The molecular weight excluding hydrogens is 254 g/mol. The molecule has 0 bridgehead atoms. The molecule has 3 N–H and O–H groups in total. The molecular formula is C11H9N3OS2. The lowest BCUT2D eigenvalue weighted by Crippen LogP contribution is -2.14. The number of hydrogen-bond donors (Lipinski definition) is 2. The third-order valence-corrected chi connectivity index (χ3v) is 2.99. The van der Waals surface area contributed by atoms with E-state index in [1.165, 1.54) is 11.3 Å². The van der Waals surface area contributed by atoms with Gasteiger partial charge in [0.2, 0.25) is 0 Å². The minimum atomic E-state index is -0.224. The molecule has 0 saturated heterocycles. The molecule has 0 atom stereocenters. The lowest BCUT2D eigenvalue weighted by molar-refractivity contribution is 0.102. The van der Waals surface area contributed by atoms with E-state index in [9.17, 15) is 4.79 Å². The molecule has 0 saturated carbocycles. The van der Waals surface area contributed by atoms with Crippen LogP contribution in [0.3, 0.4) is 0 Å². The van der Waals surface area contributed by atoms with Crippen LogP contribution in [0, 0.1) is 0 Å². The number of carbonyl (C=O) groups excluding carboxylic acids is 1. The second-order valence-corrected chi connectivity index (χ2v) is 4.57. The Balaban J connectivity index is 2.19. The highest BCUT2D eigenvalue weighted by molar-refractivity contribution is 7.80. The second kappa shape index (κ2) is 5.03. The van der Waals surface area contributed by atoms with E-state index in [1.54, 1.807) is 35.8 Å². The summed E-state index contributed by atoms with van der Waals surface area (Å²) in [6, 6.07) is 6.86. The second-order valence-electron chi connectivity index (χ2n) is 3.24. The molecule has 0 aliphatic rings. The van der Waals surface area contributed by atoms with Crippen molar-refractivity contribution in [3.05, 3.63) is 47.0 Å². The first-order chi connectivity index (χ1) is 8.16. The number of hydrogen-bond acceptors (Lipinski definition) is 4. The number of nitrogens with one attached hydrogen (secondary N) is 1.